The van der Waals surface area contributed by atoms with Gasteiger partial charge in [0.1, 0.15) is 10.8 Å². The van der Waals surface area contributed by atoms with Crippen molar-refractivity contribution in [2.45, 2.75) is 24.5 Å². The average Bonchev–Trinajstić information content (AvgIpc) is 2.76. The van der Waals surface area contributed by atoms with Gasteiger partial charge in [-0.1, -0.05) is 13.8 Å². The number of primary sulfonamides is 1. The van der Waals surface area contributed by atoms with E-state index >= 15 is 0 Å². The molecule has 0 amide bonds. The van der Waals surface area contributed by atoms with Crippen molar-refractivity contribution in [1.82, 2.24) is 0 Å². The van der Waals surface area contributed by atoms with Gasteiger partial charge < -0.3 is 9.47 Å². The van der Waals surface area contributed by atoms with Crippen LogP contribution >= 0.6 is 11.3 Å². The van der Waals surface area contributed by atoms with Gasteiger partial charge in [0.2, 0.25) is 10.0 Å². The number of rotatable bonds is 8. The van der Waals surface area contributed by atoms with Gasteiger partial charge in [-0.05, 0) is 18.1 Å². The number of carbonyl (C=O) groups is 1. The average molecular weight is 321 g/mol. The molecule has 1 rings (SSSR count). The van der Waals surface area contributed by atoms with E-state index in [2.05, 4.69) is 0 Å². The Morgan fingerprint density at radius 3 is 2.60 bits per heavy atom. The number of nitrogens with two attached hydrogens (primary N) is 1. The highest BCUT2D eigenvalue weighted by Gasteiger charge is 2.13. The summed E-state index contributed by atoms with van der Waals surface area (Å²) in [6.07, 6.45) is 0.0321. The van der Waals surface area contributed by atoms with E-state index in [1.54, 1.807) is 6.07 Å². The first-order valence-corrected chi connectivity index (χ1v) is 8.50. The number of hydrogen-bond acceptors (Lipinski definition) is 6. The molecule has 0 aliphatic rings. The Hall–Kier alpha value is -0.960. The van der Waals surface area contributed by atoms with Crippen LogP contribution in [0.15, 0.2) is 16.3 Å². The van der Waals surface area contributed by atoms with Gasteiger partial charge in [0.25, 0.3) is 0 Å². The van der Waals surface area contributed by atoms with Crippen molar-refractivity contribution in [2.24, 2.45) is 11.1 Å². The number of thiophene rings is 1. The van der Waals surface area contributed by atoms with Gasteiger partial charge in [-0.25, -0.2) is 13.6 Å². The van der Waals surface area contributed by atoms with Gasteiger partial charge in [0.05, 0.1) is 13.0 Å². The second-order valence-corrected chi connectivity index (χ2v) is 7.59. The minimum Gasteiger partial charge on any atom is -0.463 e. The van der Waals surface area contributed by atoms with Crippen molar-refractivity contribution in [1.29, 1.82) is 0 Å². The Kier molecular flexibility index (Phi) is 6.60. The predicted molar refractivity (Wildman–Crippen MR) is 76.0 cm³/mol. The number of ether oxygens (including phenoxy) is 2. The maximum Gasteiger partial charge on any atom is 0.311 e. The summed E-state index contributed by atoms with van der Waals surface area (Å²) in [6.45, 7) is 5.24. The van der Waals surface area contributed by atoms with Crippen molar-refractivity contribution >= 4 is 27.3 Å². The predicted octanol–water partition coefficient (Wildman–Crippen LogP) is 1.15. The molecule has 114 valence electrons. The molecule has 20 heavy (non-hydrogen) atoms. The summed E-state index contributed by atoms with van der Waals surface area (Å²) < 4.78 is 32.5. The molecule has 6 nitrogen and oxygen atoms in total. The zero-order chi connectivity index (χ0) is 15.2. The summed E-state index contributed by atoms with van der Waals surface area (Å²) in [5.74, 6) is 0.0226. The lowest BCUT2D eigenvalue weighted by atomic mass is 10.2. The molecule has 0 saturated heterocycles. The van der Waals surface area contributed by atoms with Crippen LogP contribution in [-0.2, 0) is 30.7 Å². The molecule has 0 aliphatic heterocycles. The van der Waals surface area contributed by atoms with Gasteiger partial charge in [0, 0.05) is 11.5 Å². The fourth-order valence-corrected chi connectivity index (χ4v) is 3.10. The highest BCUT2D eigenvalue weighted by Crippen LogP contribution is 2.20. The Morgan fingerprint density at radius 2 is 2.05 bits per heavy atom. The lowest BCUT2D eigenvalue weighted by Gasteiger charge is -2.07. The number of sulfonamides is 1. The second-order valence-electron chi connectivity index (χ2n) is 4.63. The van der Waals surface area contributed by atoms with E-state index in [1.807, 2.05) is 13.8 Å². The van der Waals surface area contributed by atoms with Crippen molar-refractivity contribution in [2.75, 3.05) is 19.8 Å². The van der Waals surface area contributed by atoms with Crippen molar-refractivity contribution < 1.29 is 22.7 Å². The van der Waals surface area contributed by atoms with Crippen LogP contribution in [0.1, 0.15) is 18.7 Å². The Bertz CT molecular complexity index is 536. The Labute approximate surface area is 122 Å². The molecule has 0 unspecified atom stereocenters. The van der Waals surface area contributed by atoms with Crippen LogP contribution in [0.25, 0.3) is 0 Å². The summed E-state index contributed by atoms with van der Waals surface area (Å²) in [4.78, 5) is 12.1. The molecule has 0 atom stereocenters. The van der Waals surface area contributed by atoms with Crippen LogP contribution in [0.5, 0.6) is 0 Å². The van der Waals surface area contributed by atoms with Gasteiger partial charge in [-0.2, -0.15) is 0 Å². The minimum atomic E-state index is -3.70. The molecule has 0 fully saturated rings. The normalized spacial score (nSPS) is 11.8. The first-order valence-electron chi connectivity index (χ1n) is 6.14. The Balaban J connectivity index is 2.31. The maximum absolute atomic E-state index is 11.5. The van der Waals surface area contributed by atoms with Crippen LogP contribution in [0.2, 0.25) is 0 Å². The monoisotopic (exact) mass is 321 g/mol. The molecular weight excluding hydrogens is 302 g/mol. The quantitative estimate of drug-likeness (QED) is 0.572. The summed E-state index contributed by atoms with van der Waals surface area (Å²) in [5.41, 5.74) is 0. The molecule has 2 N–H and O–H groups in total. The summed E-state index contributed by atoms with van der Waals surface area (Å²) >= 11 is 0.971. The smallest absolute Gasteiger partial charge is 0.311 e. The first kappa shape index (κ1) is 17.1. The number of carbonyl (C=O) groups excluding carboxylic acids is 1. The van der Waals surface area contributed by atoms with E-state index in [1.165, 1.54) is 6.07 Å². The third-order valence-corrected chi connectivity index (χ3v) is 4.70. The standard InChI is InChI=1S/C12H19NO5S2/c1-9(2)8-17-5-6-18-11(14)7-10-3-4-12(19-10)20(13,15)16/h3-4,9H,5-8H2,1-2H3,(H2,13,15,16). The fourth-order valence-electron chi connectivity index (χ4n) is 1.33. The molecule has 1 aromatic rings. The van der Waals surface area contributed by atoms with Crippen molar-refractivity contribution in [3.63, 3.8) is 0 Å². The van der Waals surface area contributed by atoms with E-state index < -0.39 is 16.0 Å². The topological polar surface area (TPSA) is 95.7 Å². The zero-order valence-corrected chi connectivity index (χ0v) is 13.1. The van der Waals surface area contributed by atoms with Gasteiger partial charge in [-0.3, -0.25) is 4.79 Å². The third kappa shape index (κ3) is 6.47. The maximum atomic E-state index is 11.5. The molecule has 0 radical (unpaired) electrons. The van der Waals surface area contributed by atoms with E-state index in [9.17, 15) is 13.2 Å². The fraction of sp³-hybridized carbons (Fsp3) is 0.583. The van der Waals surface area contributed by atoms with Crippen LogP contribution in [0.3, 0.4) is 0 Å². The lowest BCUT2D eigenvalue weighted by molar-refractivity contribution is -0.144. The van der Waals surface area contributed by atoms with Crippen LogP contribution < -0.4 is 5.14 Å². The van der Waals surface area contributed by atoms with Crippen molar-refractivity contribution in [3.05, 3.63) is 17.0 Å². The molecule has 1 heterocycles. The van der Waals surface area contributed by atoms with Crippen LogP contribution in [0.4, 0.5) is 0 Å². The molecule has 0 bridgehead atoms. The Morgan fingerprint density at radius 1 is 1.35 bits per heavy atom. The highest BCUT2D eigenvalue weighted by atomic mass is 32.2. The van der Waals surface area contributed by atoms with Gasteiger partial charge in [-0.15, -0.1) is 11.3 Å². The molecule has 8 heteroatoms. The molecule has 0 saturated carbocycles. The molecule has 0 aromatic carbocycles. The number of esters is 1. The largest absolute Gasteiger partial charge is 0.463 e. The minimum absolute atomic E-state index is 0.0321. The van der Waals surface area contributed by atoms with E-state index in [4.69, 9.17) is 14.6 Å². The SMILES string of the molecule is CC(C)COCCOC(=O)Cc1ccc(S(N)(=O)=O)s1. The summed E-state index contributed by atoms with van der Waals surface area (Å²) in [5, 5.41) is 4.99. The molecule has 0 spiro atoms. The van der Waals surface area contributed by atoms with E-state index in [0.29, 0.717) is 24.0 Å². The molecular formula is C12H19NO5S2. The zero-order valence-electron chi connectivity index (χ0n) is 11.5. The van der Waals surface area contributed by atoms with Crippen molar-refractivity contribution in [3.8, 4) is 0 Å². The van der Waals surface area contributed by atoms with E-state index in [0.717, 1.165) is 11.3 Å². The van der Waals surface area contributed by atoms with Gasteiger partial charge >= 0.3 is 5.97 Å². The lowest BCUT2D eigenvalue weighted by Crippen LogP contribution is -2.13. The summed E-state index contributed by atoms with van der Waals surface area (Å²) in [6, 6.07) is 2.94. The van der Waals surface area contributed by atoms with Crippen LogP contribution in [-0.4, -0.2) is 34.2 Å². The number of hydrogen-bond donors (Lipinski definition) is 1. The first-order chi connectivity index (χ1) is 9.29. The second kappa shape index (κ2) is 7.72. The third-order valence-electron chi connectivity index (χ3n) is 2.18. The van der Waals surface area contributed by atoms with Crippen LogP contribution in [0, 0.1) is 5.92 Å². The highest BCUT2D eigenvalue weighted by molar-refractivity contribution is 7.91. The molecule has 0 aliphatic carbocycles. The van der Waals surface area contributed by atoms with Gasteiger partial charge in [0.15, 0.2) is 0 Å². The molecule has 1 aromatic heterocycles. The van der Waals surface area contributed by atoms with E-state index in [-0.39, 0.29) is 17.2 Å². The summed E-state index contributed by atoms with van der Waals surface area (Å²) in [7, 11) is -3.70.